The van der Waals surface area contributed by atoms with Crippen molar-refractivity contribution in [2.75, 3.05) is 33.0 Å². The summed E-state index contributed by atoms with van der Waals surface area (Å²) in [5.74, 6) is 0. The second-order valence-corrected chi connectivity index (χ2v) is 3.83. The van der Waals surface area contributed by atoms with Crippen molar-refractivity contribution in [2.45, 2.75) is 18.6 Å². The molecule has 0 aromatic rings. The zero-order valence-electron chi connectivity index (χ0n) is 9.68. The predicted octanol–water partition coefficient (Wildman–Crippen LogP) is 0.730. The molecule has 1 aliphatic heterocycles. The molecule has 0 bridgehead atoms. The van der Waals surface area contributed by atoms with Gasteiger partial charge in [0.15, 0.2) is 0 Å². The van der Waals surface area contributed by atoms with Crippen LogP contribution in [0.1, 0.15) is 6.42 Å². The molecule has 5 nitrogen and oxygen atoms in total. The normalized spacial score (nSPS) is 23.8. The molecule has 0 saturated carbocycles. The Kier molecular flexibility index (Phi) is 5.93. The van der Waals surface area contributed by atoms with E-state index in [0.717, 1.165) is 0 Å². The van der Waals surface area contributed by atoms with Crippen molar-refractivity contribution in [3.05, 3.63) is 12.7 Å². The summed E-state index contributed by atoms with van der Waals surface area (Å²) in [6, 6.07) is -0.256. The Morgan fingerprint density at radius 1 is 1.65 bits per heavy atom. The van der Waals surface area contributed by atoms with Gasteiger partial charge in [0.05, 0.1) is 31.9 Å². The molecule has 1 fully saturated rings. The zero-order chi connectivity index (χ0) is 12.7. The first-order valence-electron chi connectivity index (χ1n) is 5.55. The first kappa shape index (κ1) is 13.9. The van der Waals surface area contributed by atoms with Crippen molar-refractivity contribution in [1.82, 2.24) is 4.90 Å². The van der Waals surface area contributed by atoms with Crippen LogP contribution < -0.4 is 0 Å². The van der Waals surface area contributed by atoms with E-state index in [1.165, 1.54) is 11.0 Å². The van der Waals surface area contributed by atoms with Gasteiger partial charge in [0.2, 0.25) is 0 Å². The number of amides is 1. The topological polar surface area (TPSA) is 59.0 Å². The maximum Gasteiger partial charge on any atom is 0.410 e. The van der Waals surface area contributed by atoms with Crippen LogP contribution >= 0.6 is 0 Å². The van der Waals surface area contributed by atoms with Crippen LogP contribution in [0.2, 0.25) is 0 Å². The molecule has 6 heteroatoms. The van der Waals surface area contributed by atoms with E-state index in [-0.39, 0.29) is 32.4 Å². The molecule has 0 unspecified atom stereocenters. The van der Waals surface area contributed by atoms with Gasteiger partial charge >= 0.3 is 6.09 Å². The number of hydrogen-bond acceptors (Lipinski definition) is 4. The molecular weight excluding hydrogens is 229 g/mol. The van der Waals surface area contributed by atoms with E-state index in [4.69, 9.17) is 9.47 Å². The van der Waals surface area contributed by atoms with E-state index in [2.05, 4.69) is 6.58 Å². The van der Waals surface area contributed by atoms with E-state index < -0.39 is 18.9 Å². The second kappa shape index (κ2) is 7.24. The number of ether oxygens (including phenoxy) is 2. The Balaban J connectivity index is 2.43. The van der Waals surface area contributed by atoms with Crippen molar-refractivity contribution >= 4 is 6.09 Å². The maximum atomic E-state index is 11.9. The summed E-state index contributed by atoms with van der Waals surface area (Å²) in [5.41, 5.74) is 0. The number of β-amino-alcohol motifs (C(OH)–C–C–N with tert-alkyl or cyclic N) is 1. The Morgan fingerprint density at radius 3 is 3.06 bits per heavy atom. The van der Waals surface area contributed by atoms with Gasteiger partial charge < -0.3 is 19.5 Å². The highest BCUT2D eigenvalue weighted by atomic mass is 19.1. The molecule has 1 saturated heterocycles. The number of likely N-dealkylation sites (tertiary alicyclic amines) is 1. The Labute approximate surface area is 99.8 Å². The Bertz CT molecular complexity index is 262. The van der Waals surface area contributed by atoms with Gasteiger partial charge in [-0.05, 0) is 6.42 Å². The van der Waals surface area contributed by atoms with E-state index in [1.54, 1.807) is 0 Å². The van der Waals surface area contributed by atoms with Crippen LogP contribution in [0.5, 0.6) is 0 Å². The number of hydrogen-bond donors (Lipinski definition) is 1. The third-order valence-electron chi connectivity index (χ3n) is 2.48. The van der Waals surface area contributed by atoms with E-state index >= 15 is 0 Å². The number of aliphatic hydroxyl groups is 1. The van der Waals surface area contributed by atoms with Gasteiger partial charge in [-0.15, -0.1) is 0 Å². The molecular formula is C11H18FNO4. The standard InChI is InChI=1S/C11H18FNO4/c1-2-4-17-11(15)13-7-10(14)6-9(13)8-16-5-3-12/h2,9-10,14H,1,3-8H2/t9-,10-/m0/s1. The van der Waals surface area contributed by atoms with Crippen LogP contribution in [-0.2, 0) is 9.47 Å². The van der Waals surface area contributed by atoms with Crippen LogP contribution in [0.3, 0.4) is 0 Å². The summed E-state index contributed by atoms with van der Waals surface area (Å²) in [6.45, 7) is 3.45. The van der Waals surface area contributed by atoms with Crippen LogP contribution in [0.15, 0.2) is 12.7 Å². The van der Waals surface area contributed by atoms with E-state index in [0.29, 0.717) is 6.42 Å². The molecule has 0 aromatic heterocycles. The number of aliphatic hydroxyl groups excluding tert-OH is 1. The van der Waals surface area contributed by atoms with E-state index in [9.17, 15) is 14.3 Å². The van der Waals surface area contributed by atoms with Crippen molar-refractivity contribution in [1.29, 1.82) is 0 Å². The molecule has 0 aromatic carbocycles. The van der Waals surface area contributed by atoms with Crippen LogP contribution in [0, 0.1) is 0 Å². The highest BCUT2D eigenvalue weighted by Gasteiger charge is 2.35. The fourth-order valence-electron chi connectivity index (χ4n) is 1.76. The molecule has 1 N–H and O–H groups in total. The quantitative estimate of drug-likeness (QED) is 0.555. The minimum absolute atomic E-state index is 0.00212. The van der Waals surface area contributed by atoms with Crippen molar-refractivity contribution in [3.63, 3.8) is 0 Å². The molecule has 0 spiro atoms. The lowest BCUT2D eigenvalue weighted by Gasteiger charge is -2.23. The molecule has 1 amide bonds. The fraction of sp³-hybridized carbons (Fsp3) is 0.727. The summed E-state index contributed by atoms with van der Waals surface area (Å²) in [6.07, 6.45) is 0.814. The zero-order valence-corrected chi connectivity index (χ0v) is 9.68. The predicted molar refractivity (Wildman–Crippen MR) is 59.5 cm³/mol. The Hall–Kier alpha value is -1.14. The number of nitrogens with zero attached hydrogens (tertiary/aromatic N) is 1. The molecule has 1 rings (SSSR count). The molecule has 1 heterocycles. The monoisotopic (exact) mass is 247 g/mol. The summed E-state index contributed by atoms with van der Waals surface area (Å²) in [4.78, 5) is 13.0. The van der Waals surface area contributed by atoms with Crippen LogP contribution in [-0.4, -0.2) is 61.3 Å². The third-order valence-corrected chi connectivity index (χ3v) is 2.48. The van der Waals surface area contributed by atoms with Gasteiger partial charge in [-0.1, -0.05) is 12.7 Å². The second-order valence-electron chi connectivity index (χ2n) is 3.83. The molecule has 0 aliphatic carbocycles. The summed E-state index contributed by atoms with van der Waals surface area (Å²) in [5, 5.41) is 9.50. The summed E-state index contributed by atoms with van der Waals surface area (Å²) in [7, 11) is 0. The van der Waals surface area contributed by atoms with Crippen molar-refractivity contribution in [3.8, 4) is 0 Å². The molecule has 17 heavy (non-hydrogen) atoms. The summed E-state index contributed by atoms with van der Waals surface area (Å²) < 4.78 is 21.8. The maximum absolute atomic E-state index is 11.9. The first-order chi connectivity index (χ1) is 8.19. The molecule has 2 atom stereocenters. The van der Waals surface area contributed by atoms with Gasteiger partial charge in [0, 0.05) is 0 Å². The lowest BCUT2D eigenvalue weighted by Crippen LogP contribution is -2.39. The van der Waals surface area contributed by atoms with Crippen molar-refractivity contribution in [2.24, 2.45) is 0 Å². The average Bonchev–Trinajstić information content (AvgIpc) is 2.68. The van der Waals surface area contributed by atoms with Gasteiger partial charge in [0.1, 0.15) is 13.3 Å². The number of alkyl halides is 1. The lowest BCUT2D eigenvalue weighted by atomic mass is 10.2. The molecule has 98 valence electrons. The minimum atomic E-state index is -0.578. The number of rotatable bonds is 6. The first-order valence-corrected chi connectivity index (χ1v) is 5.55. The smallest absolute Gasteiger partial charge is 0.410 e. The SMILES string of the molecule is C=CCOC(=O)N1C[C@@H](O)C[C@H]1COCCF. The van der Waals surface area contributed by atoms with Gasteiger partial charge in [-0.25, -0.2) is 9.18 Å². The van der Waals surface area contributed by atoms with E-state index in [1.807, 2.05) is 0 Å². The van der Waals surface area contributed by atoms with Gasteiger partial charge in [-0.3, -0.25) is 0 Å². The number of halogens is 1. The summed E-state index contributed by atoms with van der Waals surface area (Å²) >= 11 is 0. The highest BCUT2D eigenvalue weighted by molar-refractivity contribution is 5.68. The van der Waals surface area contributed by atoms with Gasteiger partial charge in [-0.2, -0.15) is 0 Å². The Morgan fingerprint density at radius 2 is 2.41 bits per heavy atom. The lowest BCUT2D eigenvalue weighted by molar-refractivity contribution is 0.0569. The number of carbonyl (C=O) groups is 1. The van der Waals surface area contributed by atoms with Crippen molar-refractivity contribution < 1.29 is 23.8 Å². The number of carbonyl (C=O) groups excluding carboxylic acids is 1. The van der Waals surface area contributed by atoms with Gasteiger partial charge in [0.25, 0.3) is 0 Å². The van der Waals surface area contributed by atoms with Crippen LogP contribution in [0.4, 0.5) is 9.18 Å². The third kappa shape index (κ3) is 4.32. The fourth-order valence-corrected chi connectivity index (χ4v) is 1.76. The molecule has 0 radical (unpaired) electrons. The minimum Gasteiger partial charge on any atom is -0.445 e. The van der Waals surface area contributed by atoms with Crippen LogP contribution in [0.25, 0.3) is 0 Å². The molecule has 1 aliphatic rings. The largest absolute Gasteiger partial charge is 0.445 e. The average molecular weight is 247 g/mol. The highest BCUT2D eigenvalue weighted by Crippen LogP contribution is 2.19.